The van der Waals surface area contributed by atoms with Crippen molar-refractivity contribution in [1.29, 1.82) is 0 Å². The van der Waals surface area contributed by atoms with E-state index in [4.69, 9.17) is 0 Å². The smallest absolute Gasteiger partial charge is 0.226 e. The third kappa shape index (κ3) is 4.90. The molecule has 0 aliphatic carbocycles. The molecule has 5 nitrogen and oxygen atoms in total. The van der Waals surface area contributed by atoms with E-state index >= 15 is 0 Å². The predicted octanol–water partition coefficient (Wildman–Crippen LogP) is 0.344. The van der Waals surface area contributed by atoms with Crippen molar-refractivity contribution in [2.75, 3.05) is 39.3 Å². The van der Waals surface area contributed by atoms with Gasteiger partial charge in [0.1, 0.15) is 0 Å². The molecule has 0 atom stereocenters. The minimum absolute atomic E-state index is 0.0621. The van der Waals surface area contributed by atoms with Gasteiger partial charge in [-0.1, -0.05) is 6.07 Å². The maximum atomic E-state index is 11.8. The molecule has 2 heterocycles. The molecule has 2 rings (SSSR count). The predicted molar refractivity (Wildman–Crippen MR) is 79.6 cm³/mol. The van der Waals surface area contributed by atoms with Crippen LogP contribution >= 0.6 is 0 Å². The van der Waals surface area contributed by atoms with Gasteiger partial charge in [0.25, 0.3) is 0 Å². The van der Waals surface area contributed by atoms with Crippen LogP contribution < -0.4 is 10.6 Å². The minimum atomic E-state index is 0.0621. The third-order valence-corrected chi connectivity index (χ3v) is 3.63. The molecule has 1 fully saturated rings. The van der Waals surface area contributed by atoms with Crippen molar-refractivity contribution in [2.45, 2.75) is 19.8 Å². The Morgan fingerprint density at radius 2 is 2.25 bits per heavy atom. The lowest BCUT2D eigenvalue weighted by Gasteiger charge is -2.27. The molecule has 0 saturated carbocycles. The summed E-state index contributed by atoms with van der Waals surface area (Å²) in [6, 6.07) is 3.88. The van der Waals surface area contributed by atoms with Gasteiger partial charge in [-0.25, -0.2) is 0 Å². The molecule has 1 saturated heterocycles. The Balaban J connectivity index is 1.61. The Hall–Kier alpha value is -1.46. The second-order valence-electron chi connectivity index (χ2n) is 5.24. The first-order valence-electron chi connectivity index (χ1n) is 7.36. The molecule has 1 amide bonds. The monoisotopic (exact) mass is 276 g/mol. The molecule has 20 heavy (non-hydrogen) atoms. The summed E-state index contributed by atoms with van der Waals surface area (Å²) in [5.74, 6) is 0.0621. The fourth-order valence-corrected chi connectivity index (χ4v) is 2.38. The molecular weight excluding hydrogens is 252 g/mol. The fourth-order valence-electron chi connectivity index (χ4n) is 2.38. The van der Waals surface area contributed by atoms with Crippen LogP contribution in [0.25, 0.3) is 0 Å². The van der Waals surface area contributed by atoms with Crippen molar-refractivity contribution in [3.8, 4) is 0 Å². The van der Waals surface area contributed by atoms with Gasteiger partial charge in [-0.2, -0.15) is 0 Å². The van der Waals surface area contributed by atoms with Crippen LogP contribution in [0.15, 0.2) is 18.3 Å². The topological polar surface area (TPSA) is 57.3 Å². The van der Waals surface area contributed by atoms with E-state index in [0.29, 0.717) is 6.42 Å². The van der Waals surface area contributed by atoms with Crippen LogP contribution in [-0.4, -0.2) is 55.1 Å². The molecular formula is C15H24N4O. The van der Waals surface area contributed by atoms with Gasteiger partial charge in [-0.15, -0.1) is 0 Å². The van der Waals surface area contributed by atoms with Crippen molar-refractivity contribution in [3.05, 3.63) is 29.6 Å². The SMILES string of the molecule is Cc1cccnc1CC(=O)NCCCN1CCNCC1. The van der Waals surface area contributed by atoms with E-state index in [1.807, 2.05) is 19.1 Å². The first-order chi connectivity index (χ1) is 9.75. The number of nitrogens with one attached hydrogen (secondary N) is 2. The first-order valence-corrected chi connectivity index (χ1v) is 7.36. The summed E-state index contributed by atoms with van der Waals surface area (Å²) >= 11 is 0. The molecule has 0 radical (unpaired) electrons. The van der Waals surface area contributed by atoms with Crippen molar-refractivity contribution in [1.82, 2.24) is 20.5 Å². The van der Waals surface area contributed by atoms with Gasteiger partial charge in [-0.3, -0.25) is 9.78 Å². The maximum absolute atomic E-state index is 11.8. The van der Waals surface area contributed by atoms with Crippen LogP contribution in [0.2, 0.25) is 0 Å². The van der Waals surface area contributed by atoms with Crippen molar-refractivity contribution < 1.29 is 4.79 Å². The summed E-state index contributed by atoms with van der Waals surface area (Å²) in [6.07, 6.45) is 3.12. The highest BCUT2D eigenvalue weighted by molar-refractivity contribution is 5.78. The van der Waals surface area contributed by atoms with Gasteiger partial charge in [0.2, 0.25) is 5.91 Å². The van der Waals surface area contributed by atoms with E-state index in [1.165, 1.54) is 0 Å². The normalized spacial score (nSPS) is 16.1. The fraction of sp³-hybridized carbons (Fsp3) is 0.600. The number of aryl methyl sites for hydroxylation is 1. The van der Waals surface area contributed by atoms with Crippen LogP contribution in [0.1, 0.15) is 17.7 Å². The maximum Gasteiger partial charge on any atom is 0.226 e. The molecule has 1 aliphatic rings. The molecule has 1 aromatic rings. The molecule has 2 N–H and O–H groups in total. The molecule has 1 aromatic heterocycles. The minimum Gasteiger partial charge on any atom is -0.356 e. The number of carbonyl (C=O) groups is 1. The quantitative estimate of drug-likeness (QED) is 0.736. The number of amides is 1. The van der Waals surface area contributed by atoms with Crippen LogP contribution in [0.5, 0.6) is 0 Å². The lowest BCUT2D eigenvalue weighted by atomic mass is 10.1. The van der Waals surface area contributed by atoms with Gasteiger partial charge in [-0.05, 0) is 31.5 Å². The summed E-state index contributed by atoms with van der Waals surface area (Å²) in [5, 5.41) is 6.31. The molecule has 110 valence electrons. The Morgan fingerprint density at radius 1 is 1.45 bits per heavy atom. The molecule has 0 unspecified atom stereocenters. The van der Waals surface area contributed by atoms with Crippen molar-refractivity contribution in [2.24, 2.45) is 0 Å². The highest BCUT2D eigenvalue weighted by atomic mass is 16.1. The lowest BCUT2D eigenvalue weighted by molar-refractivity contribution is -0.120. The summed E-state index contributed by atoms with van der Waals surface area (Å²) < 4.78 is 0. The number of hydrogen-bond acceptors (Lipinski definition) is 4. The molecule has 5 heteroatoms. The molecule has 0 aromatic carbocycles. The zero-order valence-corrected chi connectivity index (χ0v) is 12.2. The zero-order valence-electron chi connectivity index (χ0n) is 12.2. The van der Waals surface area contributed by atoms with Gasteiger partial charge >= 0.3 is 0 Å². The van der Waals surface area contributed by atoms with E-state index in [-0.39, 0.29) is 5.91 Å². The summed E-state index contributed by atoms with van der Waals surface area (Å²) in [4.78, 5) is 18.5. The lowest BCUT2D eigenvalue weighted by Crippen LogP contribution is -2.44. The second-order valence-corrected chi connectivity index (χ2v) is 5.24. The van der Waals surface area contributed by atoms with Gasteiger partial charge in [0, 0.05) is 38.9 Å². The van der Waals surface area contributed by atoms with Crippen LogP contribution in [0.4, 0.5) is 0 Å². The summed E-state index contributed by atoms with van der Waals surface area (Å²) in [6.45, 7) is 8.16. The van der Waals surface area contributed by atoms with E-state index < -0.39 is 0 Å². The van der Waals surface area contributed by atoms with Crippen LogP contribution in [0, 0.1) is 6.92 Å². The third-order valence-electron chi connectivity index (χ3n) is 3.63. The largest absolute Gasteiger partial charge is 0.356 e. The van der Waals surface area contributed by atoms with Crippen LogP contribution in [-0.2, 0) is 11.2 Å². The Kier molecular flexibility index (Phi) is 5.95. The van der Waals surface area contributed by atoms with Crippen molar-refractivity contribution in [3.63, 3.8) is 0 Å². The number of nitrogens with zero attached hydrogens (tertiary/aromatic N) is 2. The standard InChI is InChI=1S/C15H24N4O/c1-13-4-2-5-17-14(13)12-15(20)18-6-3-9-19-10-7-16-8-11-19/h2,4-5,16H,3,6-12H2,1H3,(H,18,20). The van der Waals surface area contributed by atoms with E-state index in [1.54, 1.807) is 6.20 Å². The number of pyridine rings is 1. The highest BCUT2D eigenvalue weighted by Crippen LogP contribution is 2.03. The number of piperazine rings is 1. The number of aromatic nitrogens is 1. The molecule has 0 bridgehead atoms. The average Bonchev–Trinajstić information content (AvgIpc) is 2.47. The Bertz CT molecular complexity index is 430. The number of hydrogen-bond donors (Lipinski definition) is 2. The Morgan fingerprint density at radius 3 is 3.00 bits per heavy atom. The first kappa shape index (κ1) is 14.9. The molecule has 1 aliphatic heterocycles. The van der Waals surface area contributed by atoms with Gasteiger partial charge < -0.3 is 15.5 Å². The van der Waals surface area contributed by atoms with Gasteiger partial charge in [0.15, 0.2) is 0 Å². The van der Waals surface area contributed by atoms with Crippen LogP contribution in [0.3, 0.4) is 0 Å². The number of carbonyl (C=O) groups excluding carboxylic acids is 1. The highest BCUT2D eigenvalue weighted by Gasteiger charge is 2.09. The zero-order chi connectivity index (χ0) is 14.2. The van der Waals surface area contributed by atoms with E-state index in [0.717, 1.165) is 56.9 Å². The second kappa shape index (κ2) is 7.97. The Labute approximate surface area is 120 Å². The molecule has 0 spiro atoms. The summed E-state index contributed by atoms with van der Waals surface area (Å²) in [5.41, 5.74) is 1.94. The summed E-state index contributed by atoms with van der Waals surface area (Å²) in [7, 11) is 0. The van der Waals surface area contributed by atoms with Gasteiger partial charge in [0.05, 0.1) is 12.1 Å². The van der Waals surface area contributed by atoms with Crippen molar-refractivity contribution >= 4 is 5.91 Å². The number of rotatable bonds is 6. The van der Waals surface area contributed by atoms with E-state index in [9.17, 15) is 4.79 Å². The van der Waals surface area contributed by atoms with E-state index in [2.05, 4.69) is 20.5 Å². The average molecular weight is 276 g/mol.